The summed E-state index contributed by atoms with van der Waals surface area (Å²) < 4.78 is 5.26. The minimum absolute atomic E-state index is 0.653. The predicted octanol–water partition coefficient (Wildman–Crippen LogP) is 2.95. The fourth-order valence-electron chi connectivity index (χ4n) is 4.64. The van der Waals surface area contributed by atoms with Crippen LogP contribution in [0.15, 0.2) is 29.3 Å². The fourth-order valence-corrected chi connectivity index (χ4v) is 4.64. The van der Waals surface area contributed by atoms with Gasteiger partial charge in [0.15, 0.2) is 5.96 Å². The Morgan fingerprint density at radius 1 is 1.07 bits per heavy atom. The second kappa shape index (κ2) is 12.2. The first-order valence-electron chi connectivity index (χ1n) is 11.8. The first-order valence-corrected chi connectivity index (χ1v) is 11.8. The molecule has 30 heavy (non-hydrogen) atoms. The zero-order valence-electron chi connectivity index (χ0n) is 19.2. The number of hydrogen-bond donors (Lipinski definition) is 2. The number of guanidine groups is 1. The highest BCUT2D eigenvalue weighted by molar-refractivity contribution is 5.79. The Labute approximate surface area is 183 Å². The van der Waals surface area contributed by atoms with Gasteiger partial charge in [0.1, 0.15) is 5.75 Å². The molecule has 168 valence electrons. The molecule has 0 bridgehead atoms. The second-order valence-corrected chi connectivity index (χ2v) is 8.59. The molecule has 2 N–H and O–H groups in total. The van der Waals surface area contributed by atoms with Crippen molar-refractivity contribution in [3.8, 4) is 5.75 Å². The van der Waals surface area contributed by atoms with E-state index in [9.17, 15) is 0 Å². The lowest BCUT2D eigenvalue weighted by Gasteiger charge is -2.31. The van der Waals surface area contributed by atoms with Crippen LogP contribution in [0.4, 0.5) is 0 Å². The van der Waals surface area contributed by atoms with Crippen molar-refractivity contribution >= 4 is 5.96 Å². The van der Waals surface area contributed by atoms with Crippen LogP contribution in [0.25, 0.3) is 0 Å². The van der Waals surface area contributed by atoms with E-state index in [-0.39, 0.29) is 0 Å². The summed E-state index contributed by atoms with van der Waals surface area (Å²) in [5.41, 5.74) is 1.36. The molecule has 6 nitrogen and oxygen atoms in total. The topological polar surface area (TPSA) is 52.1 Å². The van der Waals surface area contributed by atoms with E-state index in [1.165, 1.54) is 37.8 Å². The molecule has 1 atom stereocenters. The number of likely N-dealkylation sites (tertiary alicyclic amines) is 2. The second-order valence-electron chi connectivity index (χ2n) is 8.59. The number of nitrogens with zero attached hydrogens (tertiary/aromatic N) is 3. The summed E-state index contributed by atoms with van der Waals surface area (Å²) >= 11 is 0. The van der Waals surface area contributed by atoms with Crippen LogP contribution >= 0.6 is 0 Å². The van der Waals surface area contributed by atoms with Crippen LogP contribution in [0.5, 0.6) is 5.75 Å². The van der Waals surface area contributed by atoms with Crippen LogP contribution in [0.1, 0.15) is 45.1 Å². The first-order chi connectivity index (χ1) is 14.7. The number of likely N-dealkylation sites (N-methyl/N-ethyl adjacent to an activating group) is 1. The molecular formula is C24H41N5O. The largest absolute Gasteiger partial charge is 0.497 e. The average Bonchev–Trinajstić information content (AvgIpc) is 3.25. The molecule has 2 heterocycles. The summed E-state index contributed by atoms with van der Waals surface area (Å²) in [4.78, 5) is 10.1. The van der Waals surface area contributed by atoms with E-state index < -0.39 is 0 Å². The fraction of sp³-hybridized carbons (Fsp3) is 0.708. The summed E-state index contributed by atoms with van der Waals surface area (Å²) in [7, 11) is 1.72. The third-order valence-corrected chi connectivity index (χ3v) is 6.53. The SMILES string of the molecule is CCNC(=NCC1CCN(Cc2ccc(OC)cc2)CC1)NCC1CCCN1CC. The molecule has 6 heteroatoms. The summed E-state index contributed by atoms with van der Waals surface area (Å²) in [6, 6.07) is 9.11. The molecule has 1 aromatic rings. The van der Waals surface area contributed by atoms with Gasteiger partial charge < -0.3 is 15.4 Å². The van der Waals surface area contributed by atoms with Crippen LogP contribution in [-0.2, 0) is 6.54 Å². The monoisotopic (exact) mass is 415 g/mol. The van der Waals surface area contributed by atoms with E-state index in [0.717, 1.165) is 57.5 Å². The van der Waals surface area contributed by atoms with E-state index in [2.05, 4.69) is 58.5 Å². The normalized spacial score (nSPS) is 21.7. The average molecular weight is 416 g/mol. The van der Waals surface area contributed by atoms with Crippen LogP contribution in [0.2, 0.25) is 0 Å². The highest BCUT2D eigenvalue weighted by atomic mass is 16.5. The maximum Gasteiger partial charge on any atom is 0.191 e. The third-order valence-electron chi connectivity index (χ3n) is 6.53. The minimum atomic E-state index is 0.653. The van der Waals surface area contributed by atoms with Crippen molar-refractivity contribution in [2.45, 2.75) is 52.1 Å². The highest BCUT2D eigenvalue weighted by Gasteiger charge is 2.23. The lowest BCUT2D eigenvalue weighted by molar-refractivity contribution is 0.180. The molecule has 1 unspecified atom stereocenters. The maximum absolute atomic E-state index is 5.26. The molecular weight excluding hydrogens is 374 g/mol. The molecule has 2 aliphatic rings. The molecule has 0 amide bonds. The molecule has 1 aromatic carbocycles. The molecule has 2 aliphatic heterocycles. The van der Waals surface area contributed by atoms with Gasteiger partial charge in [-0.15, -0.1) is 0 Å². The summed E-state index contributed by atoms with van der Waals surface area (Å²) in [5.74, 6) is 2.60. The number of methoxy groups -OCH3 is 1. The Kier molecular flexibility index (Phi) is 9.27. The van der Waals surface area contributed by atoms with Crippen molar-refractivity contribution in [1.29, 1.82) is 0 Å². The summed E-state index contributed by atoms with van der Waals surface area (Å²) in [6.45, 7) is 13.0. The molecule has 0 aliphatic carbocycles. The Bertz CT molecular complexity index is 640. The summed E-state index contributed by atoms with van der Waals surface area (Å²) in [6.07, 6.45) is 5.08. The minimum Gasteiger partial charge on any atom is -0.497 e. The predicted molar refractivity (Wildman–Crippen MR) is 125 cm³/mol. The number of aliphatic imine (C=N–C) groups is 1. The summed E-state index contributed by atoms with van der Waals surface area (Å²) in [5, 5.41) is 7.02. The Hall–Kier alpha value is -1.79. The number of rotatable bonds is 9. The van der Waals surface area contributed by atoms with Crippen LogP contribution in [0.3, 0.4) is 0 Å². The van der Waals surface area contributed by atoms with Crippen molar-refractivity contribution in [1.82, 2.24) is 20.4 Å². The lowest BCUT2D eigenvalue weighted by atomic mass is 9.96. The number of nitrogens with one attached hydrogen (secondary N) is 2. The zero-order chi connectivity index (χ0) is 21.2. The number of ether oxygens (including phenoxy) is 1. The van der Waals surface area contributed by atoms with E-state index in [0.29, 0.717) is 12.0 Å². The van der Waals surface area contributed by atoms with Crippen molar-refractivity contribution < 1.29 is 4.74 Å². The Balaban J connectivity index is 1.41. The standard InChI is InChI=1S/C24H41N5O/c1-4-25-24(27-18-22-7-6-14-29(22)5-2)26-17-20-12-15-28(16-13-20)19-21-8-10-23(30-3)11-9-21/h8-11,20,22H,4-7,12-19H2,1-3H3,(H2,25,26,27). The van der Waals surface area contributed by atoms with Gasteiger partial charge in [-0.25, -0.2) is 0 Å². The van der Waals surface area contributed by atoms with Crippen molar-refractivity contribution in [2.24, 2.45) is 10.9 Å². The Morgan fingerprint density at radius 2 is 1.83 bits per heavy atom. The van der Waals surface area contributed by atoms with E-state index in [1.807, 2.05) is 0 Å². The number of piperidine rings is 1. The van der Waals surface area contributed by atoms with Gasteiger partial charge >= 0.3 is 0 Å². The first kappa shape index (κ1) is 22.9. The third kappa shape index (κ3) is 6.88. The van der Waals surface area contributed by atoms with Gasteiger partial charge in [-0.3, -0.25) is 14.8 Å². The molecule has 0 saturated carbocycles. The van der Waals surface area contributed by atoms with Crippen LogP contribution < -0.4 is 15.4 Å². The van der Waals surface area contributed by atoms with Gasteiger partial charge in [0.25, 0.3) is 0 Å². The van der Waals surface area contributed by atoms with Gasteiger partial charge in [-0.05, 0) is 82.4 Å². The molecule has 0 spiro atoms. The quantitative estimate of drug-likeness (QED) is 0.480. The van der Waals surface area contributed by atoms with E-state index in [4.69, 9.17) is 9.73 Å². The van der Waals surface area contributed by atoms with Gasteiger partial charge in [0.2, 0.25) is 0 Å². The molecule has 0 aromatic heterocycles. The van der Waals surface area contributed by atoms with E-state index in [1.54, 1.807) is 7.11 Å². The van der Waals surface area contributed by atoms with Gasteiger partial charge in [0, 0.05) is 32.2 Å². The molecule has 0 radical (unpaired) electrons. The van der Waals surface area contributed by atoms with Gasteiger partial charge in [-0.1, -0.05) is 19.1 Å². The van der Waals surface area contributed by atoms with Crippen molar-refractivity contribution in [2.75, 3.05) is 52.9 Å². The molecule has 2 fully saturated rings. The van der Waals surface area contributed by atoms with Gasteiger partial charge in [-0.2, -0.15) is 0 Å². The Morgan fingerprint density at radius 3 is 2.50 bits per heavy atom. The van der Waals surface area contributed by atoms with Crippen molar-refractivity contribution in [3.05, 3.63) is 29.8 Å². The van der Waals surface area contributed by atoms with Crippen LogP contribution in [0, 0.1) is 5.92 Å². The van der Waals surface area contributed by atoms with E-state index >= 15 is 0 Å². The van der Waals surface area contributed by atoms with Gasteiger partial charge in [0.05, 0.1) is 7.11 Å². The lowest BCUT2D eigenvalue weighted by Crippen LogP contribution is -2.45. The number of hydrogen-bond acceptors (Lipinski definition) is 4. The zero-order valence-corrected chi connectivity index (χ0v) is 19.2. The van der Waals surface area contributed by atoms with Crippen molar-refractivity contribution in [3.63, 3.8) is 0 Å². The molecule has 3 rings (SSSR count). The number of benzene rings is 1. The van der Waals surface area contributed by atoms with Crippen LogP contribution in [-0.4, -0.2) is 74.7 Å². The smallest absolute Gasteiger partial charge is 0.191 e. The highest BCUT2D eigenvalue weighted by Crippen LogP contribution is 2.20. The maximum atomic E-state index is 5.26. The molecule has 2 saturated heterocycles.